The molecule has 0 bridgehead atoms. The van der Waals surface area contributed by atoms with Crippen molar-refractivity contribution < 1.29 is 99.2 Å². The second-order valence-corrected chi connectivity index (χ2v) is 23.0. The number of amides is 2. The molecule has 6 aliphatic carbocycles. The first kappa shape index (κ1) is 61.2. The van der Waals surface area contributed by atoms with Gasteiger partial charge in [-0.3, -0.25) is 48.0 Å². The summed E-state index contributed by atoms with van der Waals surface area (Å²) in [5.41, 5.74) is -2.79. The molecular weight excluding hydrogens is 1160 g/mol. The number of fused-ring (bicyclic) bond motifs is 8. The summed E-state index contributed by atoms with van der Waals surface area (Å²) in [7, 11) is 5.95. The Balaban J connectivity index is 0.000000158. The van der Waals surface area contributed by atoms with Crippen molar-refractivity contribution in [2.45, 2.75) is 74.6 Å². The van der Waals surface area contributed by atoms with Crippen LogP contribution in [0, 0.1) is 23.7 Å². The summed E-state index contributed by atoms with van der Waals surface area (Å²) in [6.45, 7) is 5.02. The maximum Gasteiger partial charge on any atom is 0.360 e. The predicted octanol–water partition coefficient (Wildman–Crippen LogP) is 1.41. The van der Waals surface area contributed by atoms with Gasteiger partial charge in [0.1, 0.15) is 45.7 Å². The number of halogens is 2. The number of phenols is 2. The van der Waals surface area contributed by atoms with Crippen LogP contribution in [0.5, 0.6) is 23.0 Å². The van der Waals surface area contributed by atoms with E-state index in [1.165, 1.54) is 86.9 Å². The van der Waals surface area contributed by atoms with Gasteiger partial charge in [-0.15, -0.1) is 0 Å². The van der Waals surface area contributed by atoms with Gasteiger partial charge >= 0.3 is 5.97 Å². The molecule has 2 saturated carbocycles. The molecule has 2 heterocycles. The third-order valence-corrected chi connectivity index (χ3v) is 17.7. The van der Waals surface area contributed by atoms with Crippen LogP contribution < -0.4 is 26.4 Å². The summed E-state index contributed by atoms with van der Waals surface area (Å²) in [6.07, 6.45) is -0.518. The monoisotopic (exact) mass is 1220 g/mol. The summed E-state index contributed by atoms with van der Waals surface area (Å²) < 4.78 is 11.9. The van der Waals surface area contributed by atoms with Crippen LogP contribution in [0.25, 0.3) is 22.4 Å². The molecule has 450 valence electrons. The lowest BCUT2D eigenvalue weighted by atomic mass is 9.54. The minimum Gasteiger partial charge on any atom is -0.508 e. The summed E-state index contributed by atoms with van der Waals surface area (Å²) in [5, 5.41) is 124. The third kappa shape index (κ3) is 8.65. The van der Waals surface area contributed by atoms with Gasteiger partial charge in [-0.05, 0) is 92.1 Å². The van der Waals surface area contributed by atoms with Gasteiger partial charge in [0.15, 0.2) is 34.3 Å². The Morgan fingerprint density at radius 3 is 1.41 bits per heavy atom. The van der Waals surface area contributed by atoms with Gasteiger partial charge in [-0.2, -0.15) is 5.10 Å². The number of carbonyl (C=O) groups excluding carboxylic acids is 6. The van der Waals surface area contributed by atoms with E-state index in [1.807, 2.05) is 6.92 Å². The number of nitrogens with zero attached hydrogens (tertiary/aromatic N) is 4. The Kier molecular flexibility index (Phi) is 14.9. The van der Waals surface area contributed by atoms with Crippen LogP contribution in [0.15, 0.2) is 75.0 Å². The molecule has 4 aromatic rings. The number of carbonyl (C=O) groups is 7. The standard InChI is InChI=1S/2C22H23ClN2O8.C12H10N2O5/c2*1-21(32)7-6-8-15(25(2)3)17(28)13(20(24)31)19(30)22(8,33)18(29)11(7)16(27)12-10(26)5-4-9(23)14(12)21;1-2-14-7-4-9-8(18-5-19-9)3-6(7)11(15)10(13-14)12(16)17/h2*4-5,7-8,15,26-27,30,32-33H,6H2,1-3H3,(H2,24,31);3-4H,2,5H2,1H3,(H,16,17)/t2*7-,8-,15-,21-,22-;/m00./s1. The molecule has 0 radical (unpaired) electrons. The Labute approximate surface area is 489 Å². The topological polar surface area (TPSA) is 454 Å². The first-order chi connectivity index (χ1) is 39.5. The lowest BCUT2D eigenvalue weighted by molar-refractivity contribution is -0.160. The highest BCUT2D eigenvalue weighted by atomic mass is 35.5. The van der Waals surface area contributed by atoms with E-state index in [2.05, 4.69) is 5.10 Å². The van der Waals surface area contributed by atoms with Crippen LogP contribution in [-0.4, -0.2) is 175 Å². The first-order valence-corrected chi connectivity index (χ1v) is 26.6. The van der Waals surface area contributed by atoms with E-state index >= 15 is 0 Å². The molecule has 29 heteroatoms. The van der Waals surface area contributed by atoms with Crippen molar-refractivity contribution in [3.63, 3.8) is 0 Å². The zero-order valence-electron chi connectivity index (χ0n) is 46.0. The first-order valence-electron chi connectivity index (χ1n) is 25.8. The number of phenolic OH excluding ortho intramolecular Hbond substituents is 2. The van der Waals surface area contributed by atoms with E-state index < -0.39 is 167 Å². The smallest absolute Gasteiger partial charge is 0.360 e. The molecular formula is C56H56Cl2N6O21. The number of likely N-dealkylation sites (N-methyl/N-ethyl adjacent to an activating group) is 2. The highest BCUT2D eigenvalue weighted by Crippen LogP contribution is 2.60. The number of hydrogen-bond donors (Lipinski definition) is 13. The minimum absolute atomic E-state index is 0.0187. The lowest BCUT2D eigenvalue weighted by Gasteiger charge is -2.53. The zero-order valence-corrected chi connectivity index (χ0v) is 47.5. The number of aromatic carboxylic acids is 1. The summed E-state index contributed by atoms with van der Waals surface area (Å²) in [4.78, 5) is 103. The molecule has 0 spiro atoms. The fourth-order valence-corrected chi connectivity index (χ4v) is 13.9. The van der Waals surface area contributed by atoms with Crippen molar-refractivity contribution in [1.82, 2.24) is 19.6 Å². The van der Waals surface area contributed by atoms with Crippen LogP contribution in [0.1, 0.15) is 66.4 Å². The number of Topliss-reactive ketones (excluding diaryl/α,β-unsaturated/α-hetero) is 4. The summed E-state index contributed by atoms with van der Waals surface area (Å²) in [6, 6.07) is 5.62. The number of carboxylic acids is 1. The maximum atomic E-state index is 13.7. The Hall–Kier alpha value is -8.41. The SMILES string of the molecule is CCn1nc(C(=O)O)c(=O)c2cc3c(cc21)OCO3.CN(C)[C@@H]1C(=O)C(C(N)=O)=C(O)[C@@]2(O)C(=O)C3=C(O)c4c(O)ccc(Cl)c4[C@@](C)(O)[C@H]3C[C@@H]12.CN(C)[C@@H]1C(=O)C(C(N)=O)=C(O)[C@@]2(O)C(=O)C3=C(O)c4c(O)ccc(Cl)c4[C@@](C)(O)[C@H]3C[C@@H]12. The van der Waals surface area contributed by atoms with Gasteiger partial charge in [-0.1, -0.05) is 23.2 Å². The molecule has 2 amide bonds. The molecule has 7 aliphatic rings. The average molecular weight is 1220 g/mol. The van der Waals surface area contributed by atoms with E-state index in [0.29, 0.717) is 23.6 Å². The van der Waals surface area contributed by atoms with Crippen LogP contribution >= 0.6 is 23.2 Å². The Morgan fingerprint density at radius 1 is 0.671 bits per heavy atom. The number of primary amides is 2. The molecule has 0 unspecified atom stereocenters. The molecule has 1 aromatic heterocycles. The Morgan fingerprint density at radius 2 is 1.06 bits per heavy atom. The predicted molar refractivity (Wildman–Crippen MR) is 295 cm³/mol. The van der Waals surface area contributed by atoms with E-state index in [4.69, 9.17) is 49.2 Å². The number of rotatable bonds is 6. The number of aryl methyl sites for hydroxylation is 1. The van der Waals surface area contributed by atoms with Crippen molar-refractivity contribution in [3.8, 4) is 23.0 Å². The van der Waals surface area contributed by atoms with E-state index in [9.17, 15) is 89.4 Å². The van der Waals surface area contributed by atoms with Crippen LogP contribution in [0.2, 0.25) is 10.0 Å². The maximum absolute atomic E-state index is 13.7. The summed E-state index contributed by atoms with van der Waals surface area (Å²) in [5.74, 6) is -17.0. The number of carboxylic acid groups (broad SMARTS) is 1. The van der Waals surface area contributed by atoms with Crippen LogP contribution in [-0.2, 0) is 46.5 Å². The second kappa shape index (κ2) is 20.7. The quantitative estimate of drug-likeness (QED) is 0.121. The summed E-state index contributed by atoms with van der Waals surface area (Å²) >= 11 is 12.6. The average Bonchev–Trinajstić information content (AvgIpc) is 0.960. The lowest BCUT2D eigenvalue weighted by Crippen LogP contribution is -2.67. The number of hydrogen-bond acceptors (Lipinski definition) is 23. The number of aromatic nitrogens is 2. The number of ether oxygens (including phenoxy) is 2. The van der Waals surface area contributed by atoms with Crippen molar-refractivity contribution in [1.29, 1.82) is 0 Å². The van der Waals surface area contributed by atoms with Gasteiger partial charge in [0.2, 0.25) is 29.5 Å². The molecule has 1 aliphatic heterocycles. The third-order valence-electron chi connectivity index (χ3n) is 17.1. The van der Waals surface area contributed by atoms with Crippen molar-refractivity contribution in [2.24, 2.45) is 35.1 Å². The molecule has 10 atom stereocenters. The number of aliphatic hydroxyl groups is 8. The molecule has 15 N–H and O–H groups in total. The normalized spacial score (nSPS) is 29.1. The van der Waals surface area contributed by atoms with Gasteiger partial charge in [0.05, 0.1) is 45.3 Å². The molecule has 85 heavy (non-hydrogen) atoms. The molecule has 11 rings (SSSR count). The van der Waals surface area contributed by atoms with E-state index in [1.54, 1.807) is 6.07 Å². The van der Waals surface area contributed by atoms with Crippen molar-refractivity contribution >= 4 is 86.5 Å². The highest BCUT2D eigenvalue weighted by molar-refractivity contribution is 6.33. The fraction of sp³-hybridized carbons (Fsp3) is 0.375. The van der Waals surface area contributed by atoms with Gasteiger partial charge in [-0.25, -0.2) is 4.79 Å². The second-order valence-electron chi connectivity index (χ2n) is 22.2. The van der Waals surface area contributed by atoms with E-state index in [0.717, 1.165) is 0 Å². The van der Waals surface area contributed by atoms with Crippen LogP contribution in [0.4, 0.5) is 0 Å². The zero-order chi connectivity index (χ0) is 63.1. The number of nitrogens with two attached hydrogens (primary N) is 2. The van der Waals surface area contributed by atoms with Crippen molar-refractivity contribution in [2.75, 3.05) is 35.0 Å². The largest absolute Gasteiger partial charge is 0.508 e. The van der Waals surface area contributed by atoms with Crippen LogP contribution in [0.3, 0.4) is 0 Å². The molecule has 3 aromatic carbocycles. The molecule has 0 saturated heterocycles. The van der Waals surface area contributed by atoms with Crippen molar-refractivity contribution in [3.05, 3.63) is 118 Å². The molecule has 2 fully saturated rings. The number of ketones is 4. The fourth-order valence-electron chi connectivity index (χ4n) is 13.2. The van der Waals surface area contributed by atoms with E-state index in [-0.39, 0.29) is 57.3 Å². The van der Waals surface area contributed by atoms with Gasteiger partial charge in [0, 0.05) is 68.6 Å². The number of benzene rings is 3. The van der Waals surface area contributed by atoms with Gasteiger partial charge < -0.3 is 77.1 Å². The highest BCUT2D eigenvalue weighted by Gasteiger charge is 2.68. The Bertz CT molecular complexity index is 3750. The van der Waals surface area contributed by atoms with Gasteiger partial charge in [0.25, 0.3) is 11.8 Å². The number of aromatic hydroxyl groups is 2. The number of aliphatic hydroxyl groups excluding tert-OH is 4. The minimum atomic E-state index is -2.78. The molecule has 27 nitrogen and oxygen atoms in total.